The summed E-state index contributed by atoms with van der Waals surface area (Å²) in [6.45, 7) is 7.21. The first kappa shape index (κ1) is 17.0. The summed E-state index contributed by atoms with van der Waals surface area (Å²) in [7, 11) is 0. The quantitative estimate of drug-likeness (QED) is 0.610. The Bertz CT molecular complexity index is 710. The molecule has 7 nitrogen and oxygen atoms in total. The Kier molecular flexibility index (Phi) is 5.55. The fraction of sp³-hybridized carbons (Fsp3) is 0.625. The molecular formula is C16H24N6OS. The van der Waals surface area contributed by atoms with Gasteiger partial charge in [0.15, 0.2) is 10.8 Å². The van der Waals surface area contributed by atoms with Gasteiger partial charge in [0, 0.05) is 26.1 Å². The van der Waals surface area contributed by atoms with Crippen molar-refractivity contribution in [3.05, 3.63) is 6.20 Å². The van der Waals surface area contributed by atoms with Crippen molar-refractivity contribution in [1.82, 2.24) is 25.1 Å². The number of thioether (sulfide) groups is 1. The molecule has 1 saturated heterocycles. The summed E-state index contributed by atoms with van der Waals surface area (Å²) in [6.07, 6.45) is 4.77. The first-order chi connectivity index (χ1) is 11.7. The van der Waals surface area contributed by atoms with Gasteiger partial charge in [-0.25, -0.2) is 14.6 Å². The third-order valence-electron chi connectivity index (χ3n) is 4.10. The van der Waals surface area contributed by atoms with Crippen LogP contribution in [0.15, 0.2) is 11.4 Å². The van der Waals surface area contributed by atoms with E-state index in [9.17, 15) is 4.79 Å². The van der Waals surface area contributed by atoms with Crippen LogP contribution in [0.2, 0.25) is 0 Å². The molecule has 0 saturated carbocycles. The van der Waals surface area contributed by atoms with Gasteiger partial charge in [0.2, 0.25) is 5.91 Å². The standard InChI is InChI=1S/C16H24N6OS/c1-3-13(23)17-7-10-22-15-12(11-18-22)14(21-8-5-6-9-21)19-16(20-15)24-4-2/h11H,3-10H2,1-2H3,(H,17,23). The third-order valence-corrected chi connectivity index (χ3v) is 4.83. The molecule has 130 valence electrons. The molecule has 0 radical (unpaired) electrons. The van der Waals surface area contributed by atoms with Gasteiger partial charge >= 0.3 is 0 Å². The zero-order valence-electron chi connectivity index (χ0n) is 14.3. The van der Waals surface area contributed by atoms with Crippen molar-refractivity contribution in [2.75, 3.05) is 30.3 Å². The maximum atomic E-state index is 11.4. The average Bonchev–Trinajstić information content (AvgIpc) is 3.24. The Balaban J connectivity index is 1.89. The minimum atomic E-state index is 0.0565. The van der Waals surface area contributed by atoms with Crippen LogP contribution < -0.4 is 10.2 Å². The van der Waals surface area contributed by atoms with E-state index < -0.39 is 0 Å². The molecule has 3 heterocycles. The number of aromatic nitrogens is 4. The zero-order chi connectivity index (χ0) is 16.9. The number of nitrogens with zero attached hydrogens (tertiary/aromatic N) is 5. The highest BCUT2D eigenvalue weighted by molar-refractivity contribution is 7.99. The number of nitrogens with one attached hydrogen (secondary N) is 1. The van der Waals surface area contributed by atoms with Crippen molar-refractivity contribution in [3.63, 3.8) is 0 Å². The molecule has 0 aromatic carbocycles. The minimum absolute atomic E-state index is 0.0565. The van der Waals surface area contributed by atoms with Gasteiger partial charge in [-0.3, -0.25) is 4.79 Å². The second kappa shape index (κ2) is 7.83. The second-order valence-electron chi connectivity index (χ2n) is 5.77. The molecule has 24 heavy (non-hydrogen) atoms. The Labute approximate surface area is 146 Å². The normalized spacial score (nSPS) is 14.5. The highest BCUT2D eigenvalue weighted by Gasteiger charge is 2.20. The molecule has 3 rings (SSSR count). The van der Waals surface area contributed by atoms with Crippen molar-refractivity contribution >= 4 is 34.5 Å². The summed E-state index contributed by atoms with van der Waals surface area (Å²) < 4.78 is 1.87. The second-order valence-corrected chi connectivity index (χ2v) is 7.00. The van der Waals surface area contributed by atoms with Gasteiger partial charge in [0.1, 0.15) is 5.82 Å². The van der Waals surface area contributed by atoms with Crippen LogP contribution in [-0.4, -0.2) is 51.0 Å². The van der Waals surface area contributed by atoms with E-state index in [1.807, 2.05) is 17.8 Å². The van der Waals surface area contributed by atoms with Gasteiger partial charge < -0.3 is 10.2 Å². The first-order valence-corrected chi connectivity index (χ1v) is 9.59. The Morgan fingerprint density at radius 3 is 2.79 bits per heavy atom. The predicted octanol–water partition coefficient (Wildman–Crippen LogP) is 2.06. The highest BCUT2D eigenvalue weighted by atomic mass is 32.2. The van der Waals surface area contributed by atoms with E-state index in [-0.39, 0.29) is 5.91 Å². The molecule has 1 aliphatic rings. The van der Waals surface area contributed by atoms with Crippen LogP contribution in [0.3, 0.4) is 0 Å². The van der Waals surface area contributed by atoms with Gasteiger partial charge in [-0.15, -0.1) is 0 Å². The summed E-state index contributed by atoms with van der Waals surface area (Å²) in [5, 5.41) is 9.16. The van der Waals surface area contributed by atoms with Crippen LogP contribution in [0.1, 0.15) is 33.1 Å². The molecule has 2 aromatic heterocycles. The van der Waals surface area contributed by atoms with E-state index in [4.69, 9.17) is 4.98 Å². The smallest absolute Gasteiger partial charge is 0.219 e. The molecular weight excluding hydrogens is 324 g/mol. The SMILES string of the molecule is CCSc1nc(N2CCCC2)c2cnn(CCNC(=O)CC)c2n1. The number of amides is 1. The van der Waals surface area contributed by atoms with Crippen molar-refractivity contribution in [1.29, 1.82) is 0 Å². The zero-order valence-corrected chi connectivity index (χ0v) is 15.1. The largest absolute Gasteiger partial charge is 0.356 e. The van der Waals surface area contributed by atoms with E-state index in [2.05, 4.69) is 27.2 Å². The summed E-state index contributed by atoms with van der Waals surface area (Å²) >= 11 is 1.65. The monoisotopic (exact) mass is 348 g/mol. The fourth-order valence-corrected chi connectivity index (χ4v) is 3.43. The summed E-state index contributed by atoms with van der Waals surface area (Å²) in [5.41, 5.74) is 0.855. The van der Waals surface area contributed by atoms with Gasteiger partial charge in [0.05, 0.1) is 18.1 Å². The number of fused-ring (bicyclic) bond motifs is 1. The first-order valence-electron chi connectivity index (χ1n) is 8.61. The van der Waals surface area contributed by atoms with Gasteiger partial charge in [-0.2, -0.15) is 5.10 Å². The molecule has 8 heteroatoms. The maximum absolute atomic E-state index is 11.4. The lowest BCUT2D eigenvalue weighted by Gasteiger charge is -2.17. The van der Waals surface area contributed by atoms with Crippen molar-refractivity contribution in [3.8, 4) is 0 Å². The van der Waals surface area contributed by atoms with Crippen LogP contribution in [0.25, 0.3) is 11.0 Å². The summed E-state index contributed by atoms with van der Waals surface area (Å²) in [5.74, 6) is 1.99. The third kappa shape index (κ3) is 3.63. The van der Waals surface area contributed by atoms with Crippen LogP contribution in [0.5, 0.6) is 0 Å². The van der Waals surface area contributed by atoms with Crippen molar-refractivity contribution in [2.24, 2.45) is 0 Å². The number of rotatable bonds is 7. The van der Waals surface area contributed by atoms with Gasteiger partial charge in [-0.1, -0.05) is 25.6 Å². The van der Waals surface area contributed by atoms with Crippen molar-refractivity contribution < 1.29 is 4.79 Å². The van der Waals surface area contributed by atoms with E-state index in [0.29, 0.717) is 19.5 Å². The lowest BCUT2D eigenvalue weighted by atomic mass is 10.3. The summed E-state index contributed by atoms with van der Waals surface area (Å²) in [4.78, 5) is 23.2. The molecule has 1 fully saturated rings. The molecule has 0 unspecified atom stereocenters. The minimum Gasteiger partial charge on any atom is -0.356 e. The van der Waals surface area contributed by atoms with Gasteiger partial charge in [0.25, 0.3) is 0 Å². The van der Waals surface area contributed by atoms with Crippen LogP contribution >= 0.6 is 11.8 Å². The number of hydrogen-bond acceptors (Lipinski definition) is 6. The van der Waals surface area contributed by atoms with Gasteiger partial charge in [-0.05, 0) is 18.6 Å². The van der Waals surface area contributed by atoms with E-state index in [1.165, 1.54) is 12.8 Å². The van der Waals surface area contributed by atoms with E-state index in [1.54, 1.807) is 11.8 Å². The Morgan fingerprint density at radius 1 is 1.29 bits per heavy atom. The molecule has 1 amide bonds. The lowest BCUT2D eigenvalue weighted by molar-refractivity contribution is -0.120. The van der Waals surface area contributed by atoms with Crippen LogP contribution in [0.4, 0.5) is 5.82 Å². The number of carbonyl (C=O) groups is 1. The summed E-state index contributed by atoms with van der Waals surface area (Å²) in [6, 6.07) is 0. The Morgan fingerprint density at radius 2 is 2.08 bits per heavy atom. The molecule has 0 aliphatic carbocycles. The molecule has 0 bridgehead atoms. The molecule has 1 aliphatic heterocycles. The average molecular weight is 348 g/mol. The lowest BCUT2D eigenvalue weighted by Crippen LogP contribution is -2.26. The molecule has 2 aromatic rings. The van der Waals surface area contributed by atoms with Crippen molar-refractivity contribution in [2.45, 2.75) is 44.8 Å². The number of hydrogen-bond donors (Lipinski definition) is 1. The van der Waals surface area contributed by atoms with Crippen LogP contribution in [-0.2, 0) is 11.3 Å². The van der Waals surface area contributed by atoms with Crippen LogP contribution in [0, 0.1) is 0 Å². The fourth-order valence-electron chi connectivity index (χ4n) is 2.87. The highest BCUT2D eigenvalue weighted by Crippen LogP contribution is 2.29. The number of anilines is 1. The van der Waals surface area contributed by atoms with E-state index in [0.717, 1.165) is 40.9 Å². The maximum Gasteiger partial charge on any atom is 0.219 e. The van der Waals surface area contributed by atoms with E-state index >= 15 is 0 Å². The predicted molar refractivity (Wildman–Crippen MR) is 96.5 cm³/mol. The number of carbonyl (C=O) groups excluding carboxylic acids is 1. The molecule has 0 atom stereocenters. The molecule has 1 N–H and O–H groups in total. The molecule has 0 spiro atoms. The Hall–Kier alpha value is -1.83. The topological polar surface area (TPSA) is 75.9 Å².